The van der Waals surface area contributed by atoms with Crippen LogP contribution in [0.4, 0.5) is 0 Å². The number of amides is 1. The molecule has 0 aromatic rings. The fourth-order valence-electron chi connectivity index (χ4n) is 0.371. The highest BCUT2D eigenvalue weighted by Gasteiger charge is 2.25. The van der Waals surface area contributed by atoms with E-state index in [9.17, 15) is 9.36 Å². The van der Waals surface area contributed by atoms with Crippen molar-refractivity contribution < 1.29 is 18.4 Å². The van der Waals surface area contributed by atoms with Crippen molar-refractivity contribution >= 4 is 14.2 Å². The molecule has 5 nitrogen and oxygen atoms in total. The molecule has 0 aliphatic carbocycles. The lowest BCUT2D eigenvalue weighted by Gasteiger charge is -1.95. The Morgan fingerprint density at radius 1 is 1.62 bits per heavy atom. The van der Waals surface area contributed by atoms with Crippen molar-refractivity contribution in [2.75, 3.05) is 6.61 Å². The Morgan fingerprint density at radius 2 is 2.15 bits per heavy atom. The smallest absolute Gasteiger partial charge is 0.363 e. The van der Waals surface area contributed by atoms with Gasteiger partial charge < -0.3 is 5.73 Å². The van der Waals surface area contributed by atoms with Crippen molar-refractivity contribution in [3.63, 3.8) is 0 Å². The zero-order valence-electron chi connectivity index (χ0n) is 7.65. The van der Waals surface area contributed by atoms with E-state index in [1.165, 1.54) is 0 Å². The first-order valence-electron chi connectivity index (χ1n) is 3.70. The van der Waals surface area contributed by atoms with Gasteiger partial charge in [-0.3, -0.25) is 4.79 Å². The molecule has 0 aliphatic rings. The largest absolute Gasteiger partial charge is 0.750 e. The molecule has 0 saturated heterocycles. The Bertz CT molecular complexity index is 227. The SMILES string of the molecule is C=C(O[P+](=O)OCC(C)C)C(N)=O. The van der Waals surface area contributed by atoms with E-state index in [-0.39, 0.29) is 11.7 Å². The van der Waals surface area contributed by atoms with E-state index in [1.54, 1.807) is 0 Å². The van der Waals surface area contributed by atoms with Crippen LogP contribution in [-0.4, -0.2) is 12.5 Å². The van der Waals surface area contributed by atoms with Crippen LogP contribution in [0.25, 0.3) is 0 Å². The summed E-state index contributed by atoms with van der Waals surface area (Å²) in [6, 6.07) is 0. The van der Waals surface area contributed by atoms with Gasteiger partial charge >= 0.3 is 8.25 Å². The first-order chi connectivity index (χ1) is 5.93. The molecule has 0 saturated carbocycles. The topological polar surface area (TPSA) is 78.6 Å². The van der Waals surface area contributed by atoms with Gasteiger partial charge in [-0.25, -0.2) is 4.52 Å². The summed E-state index contributed by atoms with van der Waals surface area (Å²) in [5, 5.41) is 0. The maximum atomic E-state index is 10.9. The zero-order chi connectivity index (χ0) is 10.4. The summed E-state index contributed by atoms with van der Waals surface area (Å²) in [5.74, 6) is -0.967. The minimum Gasteiger partial charge on any atom is -0.363 e. The molecule has 0 spiro atoms. The second-order valence-corrected chi connectivity index (χ2v) is 3.68. The number of primary amides is 1. The van der Waals surface area contributed by atoms with E-state index in [4.69, 9.17) is 10.3 Å². The van der Waals surface area contributed by atoms with Crippen LogP contribution in [0.15, 0.2) is 12.3 Å². The predicted octanol–water partition coefficient (Wildman–Crippen LogP) is 1.33. The molecular weight excluding hydrogens is 193 g/mol. The second-order valence-electron chi connectivity index (χ2n) is 2.79. The van der Waals surface area contributed by atoms with Crippen LogP contribution in [0.2, 0.25) is 0 Å². The predicted molar refractivity (Wildman–Crippen MR) is 47.8 cm³/mol. The third-order valence-electron chi connectivity index (χ3n) is 0.973. The number of hydrogen-bond donors (Lipinski definition) is 1. The van der Waals surface area contributed by atoms with Gasteiger partial charge in [0.1, 0.15) is 6.61 Å². The minimum atomic E-state index is -2.34. The van der Waals surface area contributed by atoms with E-state index >= 15 is 0 Å². The molecule has 0 aromatic heterocycles. The molecule has 1 unspecified atom stereocenters. The molecule has 2 N–H and O–H groups in total. The molecule has 0 aromatic carbocycles. The van der Waals surface area contributed by atoms with Gasteiger partial charge in [0, 0.05) is 4.57 Å². The molecule has 0 heterocycles. The molecule has 6 heteroatoms. The lowest BCUT2D eigenvalue weighted by molar-refractivity contribution is -0.116. The van der Waals surface area contributed by atoms with Crippen LogP contribution in [0, 0.1) is 5.92 Å². The van der Waals surface area contributed by atoms with Crippen LogP contribution in [0.3, 0.4) is 0 Å². The van der Waals surface area contributed by atoms with E-state index in [1.807, 2.05) is 13.8 Å². The van der Waals surface area contributed by atoms with Crippen LogP contribution in [0.5, 0.6) is 0 Å². The van der Waals surface area contributed by atoms with Crippen molar-refractivity contribution in [1.29, 1.82) is 0 Å². The average molecular weight is 206 g/mol. The van der Waals surface area contributed by atoms with Gasteiger partial charge in [-0.1, -0.05) is 13.8 Å². The molecule has 0 rings (SSSR count). The summed E-state index contributed by atoms with van der Waals surface area (Å²) in [4.78, 5) is 10.4. The molecule has 0 fully saturated rings. The minimum absolute atomic E-state index is 0.240. The Morgan fingerprint density at radius 3 is 2.54 bits per heavy atom. The fourth-order valence-corrected chi connectivity index (χ4v) is 1.11. The third kappa shape index (κ3) is 6.25. The molecule has 0 bridgehead atoms. The fraction of sp³-hybridized carbons (Fsp3) is 0.571. The Kier molecular flexibility index (Phi) is 5.26. The maximum absolute atomic E-state index is 10.9. The highest BCUT2D eigenvalue weighted by atomic mass is 31.1. The summed E-state index contributed by atoms with van der Waals surface area (Å²) >= 11 is 0. The van der Waals surface area contributed by atoms with Crippen LogP contribution >= 0.6 is 8.25 Å². The van der Waals surface area contributed by atoms with Gasteiger partial charge in [0.2, 0.25) is 5.76 Å². The highest BCUT2D eigenvalue weighted by Crippen LogP contribution is 2.27. The first-order valence-corrected chi connectivity index (χ1v) is 4.80. The van der Waals surface area contributed by atoms with Crippen LogP contribution < -0.4 is 5.73 Å². The van der Waals surface area contributed by atoms with E-state index in [2.05, 4.69) is 11.1 Å². The lowest BCUT2D eigenvalue weighted by atomic mass is 10.2. The molecule has 0 aliphatic heterocycles. The number of carbonyl (C=O) groups excluding carboxylic acids is 1. The van der Waals surface area contributed by atoms with Crippen molar-refractivity contribution in [2.24, 2.45) is 11.7 Å². The average Bonchev–Trinajstić information content (AvgIpc) is 2.00. The molecule has 0 radical (unpaired) electrons. The number of rotatable bonds is 6. The number of carbonyl (C=O) groups is 1. The van der Waals surface area contributed by atoms with Crippen molar-refractivity contribution in [2.45, 2.75) is 13.8 Å². The van der Waals surface area contributed by atoms with Gasteiger partial charge in [0.05, 0.1) is 0 Å². The summed E-state index contributed by atoms with van der Waals surface area (Å²) in [5.41, 5.74) is 4.79. The molecule has 1 amide bonds. The quantitative estimate of drug-likeness (QED) is 0.404. The summed E-state index contributed by atoms with van der Waals surface area (Å²) in [7, 11) is -2.34. The zero-order valence-corrected chi connectivity index (χ0v) is 8.54. The Labute approximate surface area is 77.8 Å². The number of hydrogen-bond acceptors (Lipinski definition) is 4. The van der Waals surface area contributed by atoms with Crippen molar-refractivity contribution in [1.82, 2.24) is 0 Å². The summed E-state index contributed by atoms with van der Waals surface area (Å²) < 4.78 is 20.1. The Hall–Kier alpha value is -0.930. The molecule has 1 atom stereocenters. The van der Waals surface area contributed by atoms with Crippen LogP contribution in [0.1, 0.15) is 13.8 Å². The van der Waals surface area contributed by atoms with E-state index in [0.717, 1.165) is 0 Å². The molecule has 13 heavy (non-hydrogen) atoms. The van der Waals surface area contributed by atoms with Crippen molar-refractivity contribution in [3.05, 3.63) is 12.3 Å². The van der Waals surface area contributed by atoms with Crippen molar-refractivity contribution in [3.8, 4) is 0 Å². The van der Waals surface area contributed by atoms with E-state index in [0.29, 0.717) is 6.61 Å². The molecular formula is C7H13NO4P+. The standard InChI is InChI=1S/C7H12NO4P/c1-5(2)4-11-13(10)12-6(3)7(8)9/h5H,3-4H2,1-2H3,(H-,8,9)/p+1. The summed E-state index contributed by atoms with van der Waals surface area (Å²) in [6.07, 6.45) is 0. The van der Waals surface area contributed by atoms with E-state index < -0.39 is 14.2 Å². The van der Waals surface area contributed by atoms with Gasteiger partial charge in [0.15, 0.2) is 0 Å². The second kappa shape index (κ2) is 5.67. The maximum Gasteiger partial charge on any atom is 0.750 e. The van der Waals surface area contributed by atoms with Gasteiger partial charge in [-0.05, 0) is 12.5 Å². The van der Waals surface area contributed by atoms with Crippen LogP contribution in [-0.2, 0) is 18.4 Å². The Balaban J connectivity index is 3.75. The van der Waals surface area contributed by atoms with Gasteiger partial charge in [-0.15, -0.1) is 4.52 Å². The lowest BCUT2D eigenvalue weighted by Crippen LogP contribution is -2.13. The number of nitrogens with two attached hydrogens (primary N) is 1. The van der Waals surface area contributed by atoms with Gasteiger partial charge in [-0.2, -0.15) is 0 Å². The third-order valence-corrected chi connectivity index (χ3v) is 1.70. The van der Waals surface area contributed by atoms with Gasteiger partial charge in [0.25, 0.3) is 5.91 Å². The molecule has 74 valence electrons. The first kappa shape index (κ1) is 12.1. The normalized spacial score (nSPS) is 11.2. The monoisotopic (exact) mass is 206 g/mol. The highest BCUT2D eigenvalue weighted by molar-refractivity contribution is 7.33. The summed E-state index contributed by atoms with van der Waals surface area (Å²) in [6.45, 7) is 7.24.